The molecule has 2 nitrogen and oxygen atoms in total. The van der Waals surface area contributed by atoms with Crippen LogP contribution in [0.3, 0.4) is 0 Å². The first kappa shape index (κ1) is 10.4. The molecule has 1 saturated carbocycles. The third kappa shape index (κ3) is 0.938. The molecular formula is C12H23NO. The lowest BCUT2D eigenvalue weighted by Crippen LogP contribution is -2.33. The summed E-state index contributed by atoms with van der Waals surface area (Å²) in [6.07, 6.45) is 1.24. The maximum atomic E-state index is 5.90. The standard InChI is InChI=1S/C12H23NO/c1-10(2)9(8-13-5)12(10)6-7-14-11(12,3)4/h9,13H,6-8H2,1-5H3. The van der Waals surface area contributed by atoms with Crippen LogP contribution in [0.4, 0.5) is 0 Å². The molecule has 1 spiro atoms. The largest absolute Gasteiger partial charge is 0.375 e. The smallest absolute Gasteiger partial charge is 0.0691 e. The van der Waals surface area contributed by atoms with Gasteiger partial charge in [-0.15, -0.1) is 0 Å². The Labute approximate surface area is 87.4 Å². The molecule has 0 aromatic rings. The first-order valence-corrected chi connectivity index (χ1v) is 5.69. The van der Waals surface area contributed by atoms with Gasteiger partial charge in [0.1, 0.15) is 0 Å². The minimum Gasteiger partial charge on any atom is -0.375 e. The minimum absolute atomic E-state index is 0.0675. The summed E-state index contributed by atoms with van der Waals surface area (Å²) in [6.45, 7) is 11.4. The van der Waals surface area contributed by atoms with Crippen LogP contribution in [0.15, 0.2) is 0 Å². The molecule has 82 valence electrons. The van der Waals surface area contributed by atoms with Crippen molar-refractivity contribution in [2.24, 2.45) is 16.7 Å². The predicted octanol–water partition coefficient (Wildman–Crippen LogP) is 2.05. The summed E-state index contributed by atoms with van der Waals surface area (Å²) in [5.41, 5.74) is 0.928. The Bertz CT molecular complexity index is 247. The topological polar surface area (TPSA) is 21.3 Å². The van der Waals surface area contributed by atoms with E-state index in [0.29, 0.717) is 10.8 Å². The summed E-state index contributed by atoms with van der Waals surface area (Å²) in [7, 11) is 2.05. The Morgan fingerprint density at radius 3 is 2.36 bits per heavy atom. The number of hydrogen-bond acceptors (Lipinski definition) is 2. The zero-order valence-electron chi connectivity index (χ0n) is 10.1. The van der Waals surface area contributed by atoms with Crippen molar-refractivity contribution >= 4 is 0 Å². The van der Waals surface area contributed by atoms with Crippen molar-refractivity contribution in [3.05, 3.63) is 0 Å². The monoisotopic (exact) mass is 197 g/mol. The Morgan fingerprint density at radius 2 is 1.93 bits per heavy atom. The molecule has 0 bridgehead atoms. The number of ether oxygens (including phenoxy) is 1. The quantitative estimate of drug-likeness (QED) is 0.731. The molecule has 1 N–H and O–H groups in total. The predicted molar refractivity (Wildman–Crippen MR) is 58.3 cm³/mol. The van der Waals surface area contributed by atoms with Crippen LogP contribution in [0.25, 0.3) is 0 Å². The number of hydrogen-bond donors (Lipinski definition) is 1. The molecule has 2 atom stereocenters. The highest BCUT2D eigenvalue weighted by atomic mass is 16.5. The fraction of sp³-hybridized carbons (Fsp3) is 1.00. The van der Waals surface area contributed by atoms with Crippen LogP contribution >= 0.6 is 0 Å². The highest BCUT2D eigenvalue weighted by molar-refractivity contribution is 5.25. The van der Waals surface area contributed by atoms with Gasteiger partial charge in [-0.25, -0.2) is 0 Å². The zero-order chi connectivity index (χ0) is 10.6. The first-order chi connectivity index (χ1) is 6.40. The molecule has 1 aliphatic carbocycles. The SMILES string of the molecule is CNCC1C(C)(C)C12CCOC2(C)C. The van der Waals surface area contributed by atoms with Crippen molar-refractivity contribution < 1.29 is 4.74 Å². The van der Waals surface area contributed by atoms with Gasteiger partial charge in [0.15, 0.2) is 0 Å². The van der Waals surface area contributed by atoms with E-state index in [1.165, 1.54) is 6.42 Å². The minimum atomic E-state index is 0.0675. The molecule has 0 amide bonds. The molecule has 1 heterocycles. The lowest BCUT2D eigenvalue weighted by molar-refractivity contribution is -0.00991. The van der Waals surface area contributed by atoms with E-state index in [4.69, 9.17) is 4.74 Å². The Kier molecular flexibility index (Phi) is 2.04. The van der Waals surface area contributed by atoms with Gasteiger partial charge in [0.2, 0.25) is 0 Å². The molecular weight excluding hydrogens is 174 g/mol. The number of rotatable bonds is 2. The lowest BCUT2D eigenvalue weighted by atomic mass is 9.80. The third-order valence-electron chi connectivity index (χ3n) is 4.97. The van der Waals surface area contributed by atoms with Gasteiger partial charge in [0.25, 0.3) is 0 Å². The molecule has 2 heteroatoms. The fourth-order valence-electron chi connectivity index (χ4n) is 4.19. The van der Waals surface area contributed by atoms with Crippen molar-refractivity contribution in [3.8, 4) is 0 Å². The maximum absolute atomic E-state index is 5.90. The molecule has 2 unspecified atom stereocenters. The molecule has 2 rings (SSSR count). The molecule has 14 heavy (non-hydrogen) atoms. The summed E-state index contributed by atoms with van der Waals surface area (Å²) < 4.78 is 5.90. The summed E-state index contributed by atoms with van der Waals surface area (Å²) in [6, 6.07) is 0. The van der Waals surface area contributed by atoms with Crippen LogP contribution in [0, 0.1) is 16.7 Å². The van der Waals surface area contributed by atoms with Crippen molar-refractivity contribution in [2.75, 3.05) is 20.2 Å². The molecule has 2 fully saturated rings. The van der Waals surface area contributed by atoms with E-state index in [0.717, 1.165) is 19.1 Å². The third-order valence-corrected chi connectivity index (χ3v) is 4.97. The zero-order valence-corrected chi connectivity index (χ0v) is 10.1. The van der Waals surface area contributed by atoms with E-state index < -0.39 is 0 Å². The van der Waals surface area contributed by atoms with Gasteiger partial charge in [0, 0.05) is 12.0 Å². The Morgan fingerprint density at radius 1 is 1.29 bits per heavy atom. The van der Waals surface area contributed by atoms with Gasteiger partial charge in [0.05, 0.1) is 5.60 Å². The second-order valence-electron chi connectivity index (χ2n) is 5.91. The highest BCUT2D eigenvalue weighted by Gasteiger charge is 2.77. The normalized spacial score (nSPS) is 43.1. The van der Waals surface area contributed by atoms with Gasteiger partial charge in [-0.05, 0) is 45.2 Å². The van der Waals surface area contributed by atoms with Crippen molar-refractivity contribution in [3.63, 3.8) is 0 Å². The molecule has 1 saturated heterocycles. The van der Waals surface area contributed by atoms with Gasteiger partial charge in [-0.2, -0.15) is 0 Å². The molecule has 1 aliphatic heterocycles. The van der Waals surface area contributed by atoms with Crippen LogP contribution < -0.4 is 5.32 Å². The summed E-state index contributed by atoms with van der Waals surface area (Å²) in [5, 5.41) is 3.32. The van der Waals surface area contributed by atoms with E-state index in [9.17, 15) is 0 Å². The van der Waals surface area contributed by atoms with E-state index in [1.54, 1.807) is 0 Å². The second-order valence-corrected chi connectivity index (χ2v) is 5.91. The van der Waals surface area contributed by atoms with Crippen LogP contribution in [-0.2, 0) is 4.74 Å². The first-order valence-electron chi connectivity index (χ1n) is 5.69. The van der Waals surface area contributed by atoms with E-state index in [1.807, 2.05) is 7.05 Å². The van der Waals surface area contributed by atoms with Gasteiger partial charge in [-0.1, -0.05) is 13.8 Å². The van der Waals surface area contributed by atoms with Crippen LogP contribution in [0.1, 0.15) is 34.1 Å². The Balaban J connectivity index is 2.26. The van der Waals surface area contributed by atoms with Crippen molar-refractivity contribution in [1.29, 1.82) is 0 Å². The second kappa shape index (κ2) is 2.73. The lowest BCUT2D eigenvalue weighted by Gasteiger charge is -2.29. The maximum Gasteiger partial charge on any atom is 0.0691 e. The molecule has 0 aromatic carbocycles. The van der Waals surface area contributed by atoms with Crippen LogP contribution in [0.2, 0.25) is 0 Å². The molecule has 0 aromatic heterocycles. The van der Waals surface area contributed by atoms with Crippen LogP contribution in [-0.4, -0.2) is 25.8 Å². The Hall–Kier alpha value is -0.0800. The van der Waals surface area contributed by atoms with E-state index in [-0.39, 0.29) is 5.60 Å². The molecule has 2 aliphatic rings. The average Bonchev–Trinajstić information content (AvgIpc) is 2.39. The van der Waals surface area contributed by atoms with Gasteiger partial charge in [-0.3, -0.25) is 0 Å². The van der Waals surface area contributed by atoms with E-state index >= 15 is 0 Å². The highest BCUT2D eigenvalue weighted by Crippen LogP contribution is 2.77. The van der Waals surface area contributed by atoms with Crippen molar-refractivity contribution in [2.45, 2.75) is 39.7 Å². The fourth-order valence-corrected chi connectivity index (χ4v) is 4.19. The van der Waals surface area contributed by atoms with E-state index in [2.05, 4.69) is 33.0 Å². The average molecular weight is 197 g/mol. The summed E-state index contributed by atoms with van der Waals surface area (Å²) in [4.78, 5) is 0. The summed E-state index contributed by atoms with van der Waals surface area (Å²) >= 11 is 0. The van der Waals surface area contributed by atoms with Gasteiger partial charge < -0.3 is 10.1 Å². The molecule has 0 radical (unpaired) electrons. The van der Waals surface area contributed by atoms with Crippen LogP contribution in [0.5, 0.6) is 0 Å². The number of nitrogens with one attached hydrogen (secondary N) is 1. The van der Waals surface area contributed by atoms with Crippen molar-refractivity contribution in [1.82, 2.24) is 5.32 Å². The van der Waals surface area contributed by atoms with Gasteiger partial charge >= 0.3 is 0 Å². The summed E-state index contributed by atoms with van der Waals surface area (Å²) in [5.74, 6) is 0.775.